The van der Waals surface area contributed by atoms with Crippen molar-refractivity contribution in [3.05, 3.63) is 12.2 Å². The van der Waals surface area contributed by atoms with Crippen molar-refractivity contribution in [3.63, 3.8) is 0 Å². The van der Waals surface area contributed by atoms with Crippen LogP contribution >= 0.6 is 0 Å². The second-order valence-electron chi connectivity index (χ2n) is 9.79. The number of carbonyl (C=O) groups excluding carboxylic acids is 1. The van der Waals surface area contributed by atoms with E-state index in [2.05, 4.69) is 29.9 Å². The van der Waals surface area contributed by atoms with Gasteiger partial charge in [0.25, 0.3) is 0 Å². The number of hydrogen-bond donors (Lipinski definition) is 0. The molecule has 3 heteroatoms. The van der Waals surface area contributed by atoms with Gasteiger partial charge in [0.15, 0.2) is 0 Å². The zero-order valence-corrected chi connectivity index (χ0v) is 22.3. The smallest absolute Gasteiger partial charge is 0.305 e. The number of nitrogens with zero attached hydrogens (tertiary/aromatic N) is 1. The van der Waals surface area contributed by atoms with Crippen molar-refractivity contribution in [1.82, 2.24) is 0 Å². The van der Waals surface area contributed by atoms with Crippen molar-refractivity contribution in [3.8, 4) is 6.07 Å². The van der Waals surface area contributed by atoms with Gasteiger partial charge in [0.05, 0.1) is 13.2 Å². The molecule has 0 amide bonds. The Kier molecular flexibility index (Phi) is 25.9. The molecule has 192 valence electrons. The summed E-state index contributed by atoms with van der Waals surface area (Å²) >= 11 is 0. The lowest BCUT2D eigenvalue weighted by atomic mass is 9.95. The Morgan fingerprint density at radius 1 is 0.697 bits per heavy atom. The summed E-state index contributed by atoms with van der Waals surface area (Å²) in [4.78, 5) is 11.0. The molecule has 0 aromatic heterocycles. The summed E-state index contributed by atoms with van der Waals surface area (Å²) in [6.45, 7) is 2.26. The highest BCUT2D eigenvalue weighted by Gasteiger charge is 2.06. The maximum absolute atomic E-state index is 11.0. The van der Waals surface area contributed by atoms with Crippen LogP contribution in [0.1, 0.15) is 155 Å². The molecule has 0 radical (unpaired) electrons. The van der Waals surface area contributed by atoms with E-state index in [1.807, 2.05) is 0 Å². The normalized spacial score (nSPS) is 12.2. The van der Waals surface area contributed by atoms with Crippen molar-refractivity contribution in [2.24, 2.45) is 5.92 Å². The molecule has 0 aromatic carbocycles. The Hall–Kier alpha value is -1.30. The van der Waals surface area contributed by atoms with Crippen LogP contribution in [0.15, 0.2) is 12.2 Å². The molecule has 33 heavy (non-hydrogen) atoms. The standard InChI is InChI=1S/C30H55NO2/c1-3-4-5-6-16-19-22-25-29(28-31)26-23-20-17-14-12-10-8-7-9-11-13-15-18-21-24-27-30(32)33-2/h7,9,29H,3-6,8,10-27H2,1-2H3/b9-7-. The van der Waals surface area contributed by atoms with Crippen LogP contribution in [0.5, 0.6) is 0 Å². The Morgan fingerprint density at radius 3 is 1.58 bits per heavy atom. The molecular formula is C30H55NO2. The molecule has 0 fully saturated rings. The summed E-state index contributed by atoms with van der Waals surface area (Å²) in [5.74, 6) is 0.213. The van der Waals surface area contributed by atoms with Gasteiger partial charge in [0, 0.05) is 12.3 Å². The number of unbranched alkanes of at least 4 members (excludes halogenated alkanes) is 17. The van der Waals surface area contributed by atoms with E-state index in [1.165, 1.54) is 123 Å². The van der Waals surface area contributed by atoms with E-state index in [4.69, 9.17) is 0 Å². The number of carbonyl (C=O) groups is 1. The topological polar surface area (TPSA) is 50.1 Å². The van der Waals surface area contributed by atoms with Crippen LogP contribution in [0.25, 0.3) is 0 Å². The molecule has 0 saturated carbocycles. The molecule has 0 aliphatic heterocycles. The number of ether oxygens (including phenoxy) is 1. The molecule has 0 aliphatic carbocycles. The summed E-state index contributed by atoms with van der Waals surface area (Å²) in [5, 5.41) is 9.38. The summed E-state index contributed by atoms with van der Waals surface area (Å²) in [6.07, 6.45) is 33.0. The molecule has 3 nitrogen and oxygen atoms in total. The number of nitriles is 1. The fraction of sp³-hybridized carbons (Fsp3) is 0.867. The minimum Gasteiger partial charge on any atom is -0.469 e. The maximum atomic E-state index is 11.0. The lowest BCUT2D eigenvalue weighted by Gasteiger charge is -2.09. The average Bonchev–Trinajstić information content (AvgIpc) is 2.83. The molecule has 0 bridgehead atoms. The summed E-state index contributed by atoms with van der Waals surface area (Å²) < 4.78 is 4.65. The van der Waals surface area contributed by atoms with Gasteiger partial charge in [-0.05, 0) is 44.9 Å². The van der Waals surface area contributed by atoms with Crippen molar-refractivity contribution >= 4 is 5.97 Å². The fourth-order valence-electron chi connectivity index (χ4n) is 4.38. The molecule has 0 rings (SSSR count). The van der Waals surface area contributed by atoms with Crippen molar-refractivity contribution in [1.29, 1.82) is 5.26 Å². The van der Waals surface area contributed by atoms with Gasteiger partial charge in [-0.2, -0.15) is 5.26 Å². The number of methoxy groups -OCH3 is 1. The number of allylic oxidation sites excluding steroid dienone is 2. The van der Waals surface area contributed by atoms with Crippen LogP contribution in [0, 0.1) is 17.2 Å². The van der Waals surface area contributed by atoms with Crippen LogP contribution in [-0.2, 0) is 9.53 Å². The highest BCUT2D eigenvalue weighted by molar-refractivity contribution is 5.68. The first kappa shape index (κ1) is 31.7. The van der Waals surface area contributed by atoms with E-state index >= 15 is 0 Å². The van der Waals surface area contributed by atoms with E-state index in [0.29, 0.717) is 12.3 Å². The first-order valence-corrected chi connectivity index (χ1v) is 14.4. The van der Waals surface area contributed by atoms with E-state index in [-0.39, 0.29) is 5.97 Å². The largest absolute Gasteiger partial charge is 0.469 e. The van der Waals surface area contributed by atoms with Gasteiger partial charge in [-0.15, -0.1) is 0 Å². The predicted molar refractivity (Wildman–Crippen MR) is 142 cm³/mol. The van der Waals surface area contributed by atoms with Crippen LogP contribution in [0.3, 0.4) is 0 Å². The Bertz CT molecular complexity index is 480. The third-order valence-electron chi connectivity index (χ3n) is 6.66. The van der Waals surface area contributed by atoms with Crippen LogP contribution in [0.2, 0.25) is 0 Å². The molecule has 0 spiro atoms. The zero-order chi connectivity index (χ0) is 24.2. The van der Waals surface area contributed by atoms with Gasteiger partial charge >= 0.3 is 5.97 Å². The van der Waals surface area contributed by atoms with Gasteiger partial charge in [-0.1, -0.05) is 115 Å². The lowest BCUT2D eigenvalue weighted by molar-refractivity contribution is -0.140. The molecule has 1 unspecified atom stereocenters. The van der Waals surface area contributed by atoms with Gasteiger partial charge in [0.1, 0.15) is 0 Å². The molecule has 0 saturated heterocycles. The van der Waals surface area contributed by atoms with Crippen LogP contribution in [0.4, 0.5) is 0 Å². The summed E-state index contributed by atoms with van der Waals surface area (Å²) in [6, 6.07) is 2.55. The molecule has 0 N–H and O–H groups in total. The quantitative estimate of drug-likeness (QED) is 0.0772. The SMILES string of the molecule is CCCCCCCCCC(C#N)CCCCCCCC/C=C\CCCCCCCC(=O)OC. The molecule has 0 aliphatic rings. The summed E-state index contributed by atoms with van der Waals surface area (Å²) in [7, 11) is 1.46. The highest BCUT2D eigenvalue weighted by Crippen LogP contribution is 2.19. The first-order valence-electron chi connectivity index (χ1n) is 14.4. The molecule has 0 heterocycles. The van der Waals surface area contributed by atoms with Gasteiger partial charge < -0.3 is 4.74 Å². The minimum atomic E-state index is -0.0837. The van der Waals surface area contributed by atoms with Crippen molar-refractivity contribution in [2.75, 3.05) is 7.11 Å². The second-order valence-corrected chi connectivity index (χ2v) is 9.79. The number of hydrogen-bond acceptors (Lipinski definition) is 3. The van der Waals surface area contributed by atoms with Crippen molar-refractivity contribution in [2.45, 2.75) is 155 Å². The Labute approximate surface area is 206 Å². The minimum absolute atomic E-state index is 0.0837. The third-order valence-corrected chi connectivity index (χ3v) is 6.66. The summed E-state index contributed by atoms with van der Waals surface area (Å²) in [5.41, 5.74) is 0. The Morgan fingerprint density at radius 2 is 1.12 bits per heavy atom. The van der Waals surface area contributed by atoms with E-state index in [0.717, 1.165) is 25.7 Å². The van der Waals surface area contributed by atoms with Crippen molar-refractivity contribution < 1.29 is 9.53 Å². The van der Waals surface area contributed by atoms with E-state index in [1.54, 1.807) is 0 Å². The molecule has 0 aromatic rings. The molecule has 1 atom stereocenters. The monoisotopic (exact) mass is 461 g/mol. The van der Waals surface area contributed by atoms with Gasteiger partial charge in [-0.25, -0.2) is 0 Å². The first-order chi connectivity index (χ1) is 16.2. The second kappa shape index (κ2) is 26.9. The van der Waals surface area contributed by atoms with Gasteiger partial charge in [-0.3, -0.25) is 4.79 Å². The molecular weight excluding hydrogens is 406 g/mol. The number of esters is 1. The van der Waals surface area contributed by atoms with Crippen LogP contribution < -0.4 is 0 Å². The fourth-order valence-corrected chi connectivity index (χ4v) is 4.38. The Balaban J connectivity index is 3.32. The van der Waals surface area contributed by atoms with Gasteiger partial charge in [0.2, 0.25) is 0 Å². The lowest BCUT2D eigenvalue weighted by Crippen LogP contribution is -1.98. The van der Waals surface area contributed by atoms with E-state index < -0.39 is 0 Å². The van der Waals surface area contributed by atoms with Crippen LogP contribution in [-0.4, -0.2) is 13.1 Å². The highest BCUT2D eigenvalue weighted by atomic mass is 16.5. The average molecular weight is 462 g/mol. The zero-order valence-electron chi connectivity index (χ0n) is 22.3. The number of rotatable bonds is 25. The maximum Gasteiger partial charge on any atom is 0.305 e. The van der Waals surface area contributed by atoms with E-state index in [9.17, 15) is 10.1 Å². The predicted octanol–water partition coefficient (Wildman–Crippen LogP) is 9.85. The third kappa shape index (κ3) is 25.2.